The summed E-state index contributed by atoms with van der Waals surface area (Å²) < 4.78 is 2.00. The molecule has 4 nitrogen and oxygen atoms in total. The first-order valence-electron chi connectivity index (χ1n) is 9.57. The van der Waals surface area contributed by atoms with Crippen LogP contribution in [0, 0.1) is 0 Å². The summed E-state index contributed by atoms with van der Waals surface area (Å²) in [6.07, 6.45) is 3.54. The Hall–Kier alpha value is -3.92. The average molecular weight is 376 g/mol. The third-order valence-electron chi connectivity index (χ3n) is 5.40. The fourth-order valence-electron chi connectivity index (χ4n) is 4.10. The van der Waals surface area contributed by atoms with Gasteiger partial charge in [-0.2, -0.15) is 5.10 Å². The molecule has 0 fully saturated rings. The van der Waals surface area contributed by atoms with Crippen LogP contribution in [0.25, 0.3) is 11.0 Å². The normalized spacial score (nSPS) is 11.6. The number of aromatic nitrogens is 3. The number of hydrogen-bond acceptors (Lipinski definition) is 3. The van der Waals surface area contributed by atoms with Gasteiger partial charge in [-0.25, -0.2) is 9.67 Å². The third-order valence-corrected chi connectivity index (χ3v) is 5.40. The first-order chi connectivity index (χ1) is 14.3. The van der Waals surface area contributed by atoms with E-state index in [1.807, 2.05) is 28.9 Å². The van der Waals surface area contributed by atoms with Gasteiger partial charge in [0.2, 0.25) is 0 Å². The first kappa shape index (κ1) is 17.2. The van der Waals surface area contributed by atoms with Crippen LogP contribution in [0.4, 0.5) is 5.69 Å². The molecule has 0 radical (unpaired) electrons. The molecular weight excluding hydrogens is 356 g/mol. The van der Waals surface area contributed by atoms with Gasteiger partial charge >= 0.3 is 0 Å². The molecule has 0 amide bonds. The van der Waals surface area contributed by atoms with Gasteiger partial charge in [0.1, 0.15) is 5.54 Å². The molecule has 140 valence electrons. The van der Waals surface area contributed by atoms with Gasteiger partial charge in [0.25, 0.3) is 0 Å². The second kappa shape index (κ2) is 6.91. The molecule has 0 aliphatic carbocycles. The summed E-state index contributed by atoms with van der Waals surface area (Å²) in [7, 11) is 0. The number of nitrogen functional groups attached to an aromatic ring is 1. The quantitative estimate of drug-likeness (QED) is 0.456. The highest BCUT2D eigenvalue weighted by Gasteiger charge is 2.40. The smallest absolute Gasteiger partial charge is 0.161 e. The molecule has 2 N–H and O–H groups in total. The van der Waals surface area contributed by atoms with Crippen molar-refractivity contribution in [2.45, 2.75) is 5.54 Å². The Morgan fingerprint density at radius 2 is 1.14 bits per heavy atom. The summed E-state index contributed by atoms with van der Waals surface area (Å²) in [5.41, 5.74) is 10.3. The van der Waals surface area contributed by atoms with Gasteiger partial charge in [0, 0.05) is 11.9 Å². The highest BCUT2D eigenvalue weighted by molar-refractivity contribution is 5.87. The second-order valence-corrected chi connectivity index (χ2v) is 7.00. The molecule has 5 aromatic rings. The van der Waals surface area contributed by atoms with Crippen LogP contribution in [0.2, 0.25) is 0 Å². The van der Waals surface area contributed by atoms with Crippen LogP contribution in [-0.2, 0) is 5.54 Å². The Bertz CT molecular complexity index is 1150. The molecule has 2 aromatic heterocycles. The molecule has 0 atom stereocenters. The number of fused-ring (bicyclic) bond motifs is 1. The molecule has 3 aromatic carbocycles. The van der Waals surface area contributed by atoms with Gasteiger partial charge in [0.15, 0.2) is 5.65 Å². The standard InChI is InChI=1S/C25H20N4/c26-23-16-17-27-24-22(23)18-28-29(24)25(19-10-4-1-5-11-19,20-12-6-2-7-13-20)21-14-8-3-9-15-21/h1-18H,(H2,26,27). The van der Waals surface area contributed by atoms with Crippen LogP contribution >= 0.6 is 0 Å². The van der Waals surface area contributed by atoms with Gasteiger partial charge in [-0.05, 0) is 22.8 Å². The number of nitrogens with two attached hydrogens (primary N) is 1. The largest absolute Gasteiger partial charge is 0.398 e. The molecule has 4 heteroatoms. The van der Waals surface area contributed by atoms with Gasteiger partial charge in [-0.15, -0.1) is 0 Å². The Morgan fingerprint density at radius 1 is 0.655 bits per heavy atom. The van der Waals surface area contributed by atoms with E-state index in [1.165, 1.54) is 0 Å². The molecule has 0 spiro atoms. The van der Waals surface area contributed by atoms with Gasteiger partial charge in [0.05, 0.1) is 11.6 Å². The lowest BCUT2D eigenvalue weighted by atomic mass is 9.77. The van der Waals surface area contributed by atoms with Crippen molar-refractivity contribution in [2.24, 2.45) is 0 Å². The number of nitrogens with zero attached hydrogens (tertiary/aromatic N) is 3. The zero-order chi connectivity index (χ0) is 19.7. The summed E-state index contributed by atoms with van der Waals surface area (Å²) in [4.78, 5) is 4.66. The minimum Gasteiger partial charge on any atom is -0.398 e. The summed E-state index contributed by atoms with van der Waals surface area (Å²) >= 11 is 0. The number of pyridine rings is 1. The van der Waals surface area contributed by atoms with E-state index >= 15 is 0 Å². The van der Waals surface area contributed by atoms with Gasteiger partial charge in [-0.3, -0.25) is 0 Å². The van der Waals surface area contributed by atoms with E-state index in [1.54, 1.807) is 12.4 Å². The van der Waals surface area contributed by atoms with E-state index in [0.717, 1.165) is 27.7 Å². The van der Waals surface area contributed by atoms with Crippen molar-refractivity contribution >= 4 is 16.7 Å². The zero-order valence-electron chi connectivity index (χ0n) is 15.8. The lowest BCUT2D eigenvalue weighted by Gasteiger charge is -2.36. The minimum absolute atomic E-state index is 0.671. The lowest BCUT2D eigenvalue weighted by Crippen LogP contribution is -2.38. The average Bonchev–Trinajstić information content (AvgIpc) is 3.23. The maximum Gasteiger partial charge on any atom is 0.161 e. The summed E-state index contributed by atoms with van der Waals surface area (Å²) in [6.45, 7) is 0. The molecule has 0 aliphatic heterocycles. The summed E-state index contributed by atoms with van der Waals surface area (Å²) in [5.74, 6) is 0. The van der Waals surface area contributed by atoms with E-state index in [2.05, 4.69) is 77.8 Å². The predicted octanol–water partition coefficient (Wildman–Crippen LogP) is 4.85. The lowest BCUT2D eigenvalue weighted by molar-refractivity contribution is 0.472. The van der Waals surface area contributed by atoms with E-state index in [4.69, 9.17) is 10.8 Å². The maximum absolute atomic E-state index is 6.24. The second-order valence-electron chi connectivity index (χ2n) is 7.00. The number of anilines is 1. The SMILES string of the molecule is Nc1ccnc2c1cnn2C(c1ccccc1)(c1ccccc1)c1ccccc1. The van der Waals surface area contributed by atoms with Gasteiger partial charge in [-0.1, -0.05) is 91.0 Å². The molecule has 29 heavy (non-hydrogen) atoms. The molecule has 0 saturated heterocycles. The predicted molar refractivity (Wildman–Crippen MR) is 117 cm³/mol. The minimum atomic E-state index is -0.688. The molecule has 5 rings (SSSR count). The Kier molecular flexibility index (Phi) is 4.10. The topological polar surface area (TPSA) is 56.7 Å². The highest BCUT2D eigenvalue weighted by Crippen LogP contribution is 2.42. The van der Waals surface area contributed by atoms with Crippen molar-refractivity contribution in [3.05, 3.63) is 126 Å². The zero-order valence-corrected chi connectivity index (χ0v) is 15.8. The van der Waals surface area contributed by atoms with Crippen LogP contribution < -0.4 is 5.73 Å². The van der Waals surface area contributed by atoms with E-state index in [9.17, 15) is 0 Å². The van der Waals surface area contributed by atoms with Crippen molar-refractivity contribution < 1.29 is 0 Å². The van der Waals surface area contributed by atoms with E-state index in [-0.39, 0.29) is 0 Å². The Balaban J connectivity index is 1.97. The fraction of sp³-hybridized carbons (Fsp3) is 0.0400. The molecule has 0 unspecified atom stereocenters. The molecular formula is C25H20N4. The Morgan fingerprint density at radius 3 is 1.62 bits per heavy atom. The first-order valence-corrected chi connectivity index (χ1v) is 9.57. The van der Waals surface area contributed by atoms with E-state index in [0.29, 0.717) is 5.69 Å². The summed E-state index contributed by atoms with van der Waals surface area (Å²) in [6, 6.07) is 33.1. The van der Waals surface area contributed by atoms with Gasteiger partial charge < -0.3 is 5.73 Å². The van der Waals surface area contributed by atoms with Crippen LogP contribution in [0.1, 0.15) is 16.7 Å². The fourth-order valence-corrected chi connectivity index (χ4v) is 4.10. The molecule has 0 bridgehead atoms. The van der Waals surface area contributed by atoms with E-state index < -0.39 is 5.54 Å². The number of hydrogen-bond donors (Lipinski definition) is 1. The Labute approximate surface area is 169 Å². The summed E-state index contributed by atoms with van der Waals surface area (Å²) in [5, 5.41) is 5.68. The van der Waals surface area contributed by atoms with Crippen LogP contribution in [0.5, 0.6) is 0 Å². The van der Waals surface area contributed by atoms with Crippen LogP contribution in [0.3, 0.4) is 0 Å². The van der Waals surface area contributed by atoms with Crippen molar-refractivity contribution in [3.8, 4) is 0 Å². The van der Waals surface area contributed by atoms with Crippen molar-refractivity contribution in [3.63, 3.8) is 0 Å². The third kappa shape index (κ3) is 2.61. The molecule has 0 aliphatic rings. The van der Waals surface area contributed by atoms with Crippen molar-refractivity contribution in [2.75, 3.05) is 5.73 Å². The maximum atomic E-state index is 6.24. The monoisotopic (exact) mass is 376 g/mol. The van der Waals surface area contributed by atoms with Crippen LogP contribution in [-0.4, -0.2) is 14.8 Å². The number of rotatable bonds is 4. The van der Waals surface area contributed by atoms with Crippen molar-refractivity contribution in [1.29, 1.82) is 0 Å². The van der Waals surface area contributed by atoms with Crippen molar-refractivity contribution in [1.82, 2.24) is 14.8 Å². The highest BCUT2D eigenvalue weighted by atomic mass is 15.3. The van der Waals surface area contributed by atoms with Crippen LogP contribution in [0.15, 0.2) is 109 Å². The molecule has 0 saturated carbocycles. The molecule has 2 heterocycles. The number of benzene rings is 3.